The summed E-state index contributed by atoms with van der Waals surface area (Å²) < 4.78 is 35.2. The van der Waals surface area contributed by atoms with Gasteiger partial charge in [0.05, 0.1) is 5.75 Å². The minimum Gasteiger partial charge on any atom is -0.480 e. The summed E-state index contributed by atoms with van der Waals surface area (Å²) in [7, 11) is 0. The highest BCUT2D eigenvalue weighted by Crippen LogP contribution is 2.29. The smallest absolute Gasteiger partial charge is 0.442 e. The zero-order chi connectivity index (χ0) is 12.8. The maximum Gasteiger partial charge on any atom is 0.442 e. The van der Waals surface area contributed by atoms with Crippen LogP contribution in [0.2, 0.25) is 0 Å². The van der Waals surface area contributed by atoms with Gasteiger partial charge in [0.25, 0.3) is 0 Å². The van der Waals surface area contributed by atoms with Gasteiger partial charge in [0.2, 0.25) is 5.91 Å². The zero-order valence-electron chi connectivity index (χ0n) is 8.50. The number of rotatable bonds is 6. The normalized spacial score (nSPS) is 13.2. The number of amides is 1. The lowest BCUT2D eigenvalue weighted by atomic mass is 10.2. The Morgan fingerprint density at radius 2 is 2.00 bits per heavy atom. The molecule has 4 nitrogen and oxygen atoms in total. The first-order valence-electron chi connectivity index (χ1n) is 4.49. The van der Waals surface area contributed by atoms with Crippen molar-refractivity contribution in [2.75, 3.05) is 5.75 Å². The number of carbonyl (C=O) groups is 2. The van der Waals surface area contributed by atoms with E-state index in [-0.39, 0.29) is 6.42 Å². The molecule has 0 bridgehead atoms. The molecule has 0 aromatic carbocycles. The van der Waals surface area contributed by atoms with Crippen LogP contribution in [0.15, 0.2) is 0 Å². The first-order chi connectivity index (χ1) is 7.26. The standard InChI is InChI=1S/C8H12F3NO3S/c1-2-3-5(7(14)15)12-6(13)4-16-8(9,10)11/h5H,2-4H2,1H3,(H,12,13)(H,14,15). The Labute approximate surface area is 94.6 Å². The van der Waals surface area contributed by atoms with Gasteiger partial charge in [-0.05, 0) is 18.2 Å². The third kappa shape index (κ3) is 7.38. The SMILES string of the molecule is CCCC(NC(=O)CSC(F)(F)F)C(=O)O. The van der Waals surface area contributed by atoms with Gasteiger partial charge in [-0.2, -0.15) is 13.2 Å². The van der Waals surface area contributed by atoms with Gasteiger partial charge in [-0.15, -0.1) is 0 Å². The van der Waals surface area contributed by atoms with Crippen LogP contribution in [0.4, 0.5) is 13.2 Å². The highest BCUT2D eigenvalue weighted by atomic mass is 32.2. The molecule has 0 rings (SSSR count). The predicted octanol–water partition coefficient (Wildman–Crippen LogP) is 1.61. The van der Waals surface area contributed by atoms with Crippen LogP contribution in [0, 0.1) is 0 Å². The van der Waals surface area contributed by atoms with Crippen molar-refractivity contribution in [3.8, 4) is 0 Å². The maximum atomic E-state index is 11.7. The molecule has 94 valence electrons. The van der Waals surface area contributed by atoms with Crippen LogP contribution in [0.25, 0.3) is 0 Å². The Bertz CT molecular complexity index is 257. The lowest BCUT2D eigenvalue weighted by Crippen LogP contribution is -2.41. The monoisotopic (exact) mass is 259 g/mol. The van der Waals surface area contributed by atoms with E-state index in [1.807, 2.05) is 5.32 Å². The molecule has 0 saturated heterocycles. The number of hydrogen-bond acceptors (Lipinski definition) is 3. The number of halogens is 3. The lowest BCUT2D eigenvalue weighted by molar-refractivity contribution is -0.141. The fourth-order valence-corrected chi connectivity index (χ4v) is 1.31. The van der Waals surface area contributed by atoms with Crippen LogP contribution < -0.4 is 5.32 Å². The van der Waals surface area contributed by atoms with Gasteiger partial charge in [-0.25, -0.2) is 4.79 Å². The topological polar surface area (TPSA) is 66.4 Å². The second-order valence-corrected chi connectivity index (χ2v) is 4.02. The van der Waals surface area contributed by atoms with E-state index in [2.05, 4.69) is 0 Å². The Balaban J connectivity index is 4.05. The van der Waals surface area contributed by atoms with E-state index in [1.54, 1.807) is 6.92 Å². The van der Waals surface area contributed by atoms with E-state index < -0.39 is 40.9 Å². The number of alkyl halides is 3. The van der Waals surface area contributed by atoms with Crippen molar-refractivity contribution in [2.24, 2.45) is 0 Å². The van der Waals surface area contributed by atoms with Gasteiger partial charge in [0, 0.05) is 0 Å². The van der Waals surface area contributed by atoms with Gasteiger partial charge in [0.15, 0.2) is 0 Å². The molecule has 0 aromatic heterocycles. The van der Waals surface area contributed by atoms with Crippen LogP contribution in [0.5, 0.6) is 0 Å². The Morgan fingerprint density at radius 1 is 1.44 bits per heavy atom. The van der Waals surface area contributed by atoms with E-state index in [0.717, 1.165) is 0 Å². The number of carboxylic acid groups (broad SMARTS) is 1. The van der Waals surface area contributed by atoms with Gasteiger partial charge in [-0.3, -0.25) is 4.79 Å². The van der Waals surface area contributed by atoms with Crippen molar-refractivity contribution in [1.29, 1.82) is 0 Å². The molecular formula is C8H12F3NO3S. The molecule has 0 heterocycles. The Hall–Kier alpha value is -0.920. The Kier molecular flexibility index (Phi) is 6.24. The average Bonchev–Trinajstić information content (AvgIpc) is 2.13. The van der Waals surface area contributed by atoms with E-state index in [1.165, 1.54) is 0 Å². The first kappa shape index (κ1) is 15.1. The van der Waals surface area contributed by atoms with Crippen molar-refractivity contribution >= 4 is 23.6 Å². The molecule has 8 heteroatoms. The van der Waals surface area contributed by atoms with Gasteiger partial charge < -0.3 is 10.4 Å². The molecule has 0 aliphatic carbocycles. The maximum absolute atomic E-state index is 11.7. The van der Waals surface area contributed by atoms with Crippen LogP contribution in [-0.2, 0) is 9.59 Å². The predicted molar refractivity (Wildman–Crippen MR) is 53.0 cm³/mol. The van der Waals surface area contributed by atoms with E-state index in [0.29, 0.717) is 6.42 Å². The molecule has 1 atom stereocenters. The van der Waals surface area contributed by atoms with Crippen molar-refractivity contribution < 1.29 is 27.9 Å². The number of carbonyl (C=O) groups excluding carboxylic acids is 1. The third-order valence-corrected chi connectivity index (χ3v) is 2.31. The fourth-order valence-electron chi connectivity index (χ4n) is 0.929. The minimum atomic E-state index is -4.49. The summed E-state index contributed by atoms with van der Waals surface area (Å²) in [5.74, 6) is -2.99. The Morgan fingerprint density at radius 3 is 2.38 bits per heavy atom. The lowest BCUT2D eigenvalue weighted by Gasteiger charge is -2.13. The van der Waals surface area contributed by atoms with Crippen LogP contribution in [-0.4, -0.2) is 34.3 Å². The van der Waals surface area contributed by atoms with Gasteiger partial charge >= 0.3 is 11.5 Å². The number of nitrogens with one attached hydrogen (secondary N) is 1. The summed E-state index contributed by atoms with van der Waals surface area (Å²) in [5, 5.41) is 10.7. The molecule has 0 aliphatic rings. The molecule has 0 fully saturated rings. The molecule has 0 spiro atoms. The van der Waals surface area contributed by atoms with Crippen molar-refractivity contribution in [1.82, 2.24) is 5.32 Å². The number of thioether (sulfide) groups is 1. The van der Waals surface area contributed by atoms with Gasteiger partial charge in [-0.1, -0.05) is 13.3 Å². The summed E-state index contributed by atoms with van der Waals surface area (Å²) in [6, 6.07) is -1.12. The number of carboxylic acids is 1. The molecule has 0 aliphatic heterocycles. The highest BCUT2D eigenvalue weighted by Gasteiger charge is 2.30. The highest BCUT2D eigenvalue weighted by molar-refractivity contribution is 8.00. The van der Waals surface area contributed by atoms with Crippen LogP contribution >= 0.6 is 11.8 Å². The molecule has 1 amide bonds. The van der Waals surface area contributed by atoms with Crippen molar-refractivity contribution in [3.05, 3.63) is 0 Å². The van der Waals surface area contributed by atoms with E-state index in [4.69, 9.17) is 5.11 Å². The summed E-state index contributed by atoms with van der Waals surface area (Å²) in [6.45, 7) is 1.71. The van der Waals surface area contributed by atoms with Crippen LogP contribution in [0.3, 0.4) is 0 Å². The second-order valence-electron chi connectivity index (χ2n) is 2.98. The van der Waals surface area contributed by atoms with E-state index in [9.17, 15) is 22.8 Å². The van der Waals surface area contributed by atoms with E-state index >= 15 is 0 Å². The molecular weight excluding hydrogens is 247 g/mol. The molecule has 0 radical (unpaired) electrons. The van der Waals surface area contributed by atoms with Crippen molar-refractivity contribution in [2.45, 2.75) is 31.3 Å². The molecule has 0 saturated carbocycles. The molecule has 0 aromatic rings. The number of aliphatic carboxylic acids is 1. The second kappa shape index (κ2) is 6.62. The minimum absolute atomic E-state index is 0.192. The summed E-state index contributed by atoms with van der Waals surface area (Å²) in [5.41, 5.74) is -4.49. The molecule has 2 N–H and O–H groups in total. The number of hydrogen-bond donors (Lipinski definition) is 2. The molecule has 1 unspecified atom stereocenters. The summed E-state index contributed by atoms with van der Waals surface area (Å²) in [6.07, 6.45) is 0.710. The summed E-state index contributed by atoms with van der Waals surface area (Å²) in [4.78, 5) is 21.6. The van der Waals surface area contributed by atoms with Crippen LogP contribution in [0.1, 0.15) is 19.8 Å². The third-order valence-electron chi connectivity index (χ3n) is 1.58. The quantitative estimate of drug-likeness (QED) is 0.760. The largest absolute Gasteiger partial charge is 0.480 e. The summed E-state index contributed by atoms with van der Waals surface area (Å²) >= 11 is -0.492. The molecule has 16 heavy (non-hydrogen) atoms. The average molecular weight is 259 g/mol. The first-order valence-corrected chi connectivity index (χ1v) is 5.47. The van der Waals surface area contributed by atoms with Gasteiger partial charge in [0.1, 0.15) is 6.04 Å². The fraction of sp³-hybridized carbons (Fsp3) is 0.750. The van der Waals surface area contributed by atoms with Crippen molar-refractivity contribution in [3.63, 3.8) is 0 Å². The zero-order valence-corrected chi connectivity index (χ0v) is 9.32.